The van der Waals surface area contributed by atoms with Gasteiger partial charge in [-0.3, -0.25) is 4.79 Å². The van der Waals surface area contributed by atoms with Gasteiger partial charge >= 0.3 is 11.6 Å². The fourth-order valence-electron chi connectivity index (χ4n) is 10.3. The van der Waals surface area contributed by atoms with E-state index in [0.717, 1.165) is 78.2 Å². The Morgan fingerprint density at radius 2 is 1.42 bits per heavy atom. The Labute approximate surface area is 453 Å². The summed E-state index contributed by atoms with van der Waals surface area (Å²) in [6.07, 6.45) is 4.27. The summed E-state index contributed by atoms with van der Waals surface area (Å²) in [7, 11) is -11.0. The molecule has 0 radical (unpaired) electrons. The number of nitrogens with zero attached hydrogens (tertiary/aromatic N) is 3. The molecule has 8 rings (SSSR count). The fourth-order valence-corrected chi connectivity index (χ4v) is 13.4. The Morgan fingerprint density at radius 1 is 0.803 bits per heavy atom. The van der Waals surface area contributed by atoms with Crippen molar-refractivity contribution >= 4 is 66.6 Å². The van der Waals surface area contributed by atoms with E-state index in [4.69, 9.17) is 16.3 Å². The van der Waals surface area contributed by atoms with Crippen LogP contribution in [0.25, 0.3) is 11.1 Å². The molecule has 20 heteroatoms. The van der Waals surface area contributed by atoms with Gasteiger partial charge in [-0.05, 0) is 174 Å². The van der Waals surface area contributed by atoms with Crippen LogP contribution in [0.5, 0.6) is 0 Å². The number of piperidine rings is 3. The van der Waals surface area contributed by atoms with Crippen molar-refractivity contribution in [3.63, 3.8) is 0 Å². The molecule has 0 bridgehead atoms. The SMILES string of the molecule is CC(C)(C)OC(=O)N1CCC2(CCN(CC[C@H](CSc3ccccc3)Nc3ccc(S(=O)(=O)NC(=O)c4ccc(N5CCC([C@@H](O)c6ccccc6-c6ccc(Cl)cc6)CC5)cc4)cc3S(=O)(=O)C(F)(F)F)CC2)CC1. The summed E-state index contributed by atoms with van der Waals surface area (Å²) in [4.78, 5) is 31.1. The first-order valence-electron chi connectivity index (χ1n) is 25.5. The van der Waals surface area contributed by atoms with Crippen LogP contribution in [-0.2, 0) is 24.6 Å². The number of hydrogen-bond acceptors (Lipinski definition) is 12. The van der Waals surface area contributed by atoms with Crippen LogP contribution in [0.3, 0.4) is 0 Å². The zero-order valence-electron chi connectivity index (χ0n) is 42.8. The third-order valence-corrected chi connectivity index (χ3v) is 19.0. The van der Waals surface area contributed by atoms with E-state index in [9.17, 15) is 44.7 Å². The number of sulfone groups is 1. The van der Waals surface area contributed by atoms with Crippen molar-refractivity contribution in [1.29, 1.82) is 0 Å². The topological polar surface area (TPSA) is 166 Å². The van der Waals surface area contributed by atoms with E-state index >= 15 is 0 Å². The monoisotopic (exact) mass is 1120 g/mol. The molecule has 2 atom stereocenters. The summed E-state index contributed by atoms with van der Waals surface area (Å²) >= 11 is 7.56. The quantitative estimate of drug-likeness (QED) is 0.0802. The Bertz CT molecular complexity index is 3030. The molecule has 1 spiro atoms. The van der Waals surface area contributed by atoms with Crippen LogP contribution < -0.4 is 14.9 Å². The number of rotatable bonds is 16. The number of benzene rings is 5. The molecule has 5 aromatic carbocycles. The zero-order valence-corrected chi connectivity index (χ0v) is 46.0. The lowest BCUT2D eigenvalue weighted by molar-refractivity contribution is -0.0436. The number of amides is 2. The van der Waals surface area contributed by atoms with Crippen molar-refractivity contribution in [2.24, 2.45) is 11.3 Å². The van der Waals surface area contributed by atoms with Crippen LogP contribution in [0, 0.1) is 11.3 Å². The molecule has 3 aliphatic heterocycles. The van der Waals surface area contributed by atoms with Crippen LogP contribution >= 0.6 is 23.4 Å². The molecule has 3 N–H and O–H groups in total. The average Bonchev–Trinajstić information content (AvgIpc) is 3.39. The van der Waals surface area contributed by atoms with Crippen LogP contribution in [0.1, 0.15) is 87.7 Å². The predicted molar refractivity (Wildman–Crippen MR) is 292 cm³/mol. The first-order valence-corrected chi connectivity index (χ1v) is 29.9. The van der Waals surface area contributed by atoms with E-state index in [-0.39, 0.29) is 23.0 Å². The second-order valence-electron chi connectivity index (χ2n) is 21.0. The third kappa shape index (κ3) is 14.0. The van der Waals surface area contributed by atoms with E-state index in [1.807, 2.05) is 104 Å². The third-order valence-electron chi connectivity index (χ3n) is 14.7. The molecule has 0 unspecified atom stereocenters. The van der Waals surface area contributed by atoms with Crippen molar-refractivity contribution < 1.29 is 49.4 Å². The lowest BCUT2D eigenvalue weighted by Gasteiger charge is -2.47. The van der Waals surface area contributed by atoms with Crippen LogP contribution in [0.2, 0.25) is 5.02 Å². The summed E-state index contributed by atoms with van der Waals surface area (Å²) in [5.74, 6) is -0.756. The minimum atomic E-state index is -6.12. The van der Waals surface area contributed by atoms with Crippen LogP contribution in [0.4, 0.5) is 29.3 Å². The van der Waals surface area contributed by atoms with E-state index in [1.54, 1.807) is 17.0 Å². The molecule has 0 aliphatic carbocycles. The van der Waals surface area contributed by atoms with Gasteiger partial charge in [-0.25, -0.2) is 26.4 Å². The predicted octanol–water partition coefficient (Wildman–Crippen LogP) is 11.4. The van der Waals surface area contributed by atoms with Crippen LogP contribution in [-0.4, -0.2) is 112 Å². The number of aliphatic hydroxyl groups is 1. The Morgan fingerprint density at radius 3 is 2.05 bits per heavy atom. The number of anilines is 2. The van der Waals surface area contributed by atoms with Crippen molar-refractivity contribution in [3.8, 4) is 11.1 Å². The first kappa shape index (κ1) is 56.9. The number of nitrogens with one attached hydrogen (secondary N) is 2. The lowest BCUT2D eigenvalue weighted by Crippen LogP contribution is -2.49. The maximum atomic E-state index is 14.4. The number of halogens is 4. The molecule has 3 saturated heterocycles. The molecule has 13 nitrogen and oxygen atoms in total. The fraction of sp³-hybridized carbons (Fsp3) is 0.429. The number of sulfonamides is 1. The molecular weight excluding hydrogens is 1060 g/mol. The van der Waals surface area contributed by atoms with E-state index in [2.05, 4.69) is 15.1 Å². The molecule has 3 fully saturated rings. The number of thioether (sulfide) groups is 1. The number of ether oxygens (including phenoxy) is 1. The van der Waals surface area contributed by atoms with E-state index in [0.29, 0.717) is 68.8 Å². The molecule has 3 aliphatic rings. The first-order chi connectivity index (χ1) is 36.0. The van der Waals surface area contributed by atoms with Gasteiger partial charge < -0.3 is 29.9 Å². The van der Waals surface area contributed by atoms with Gasteiger partial charge in [0, 0.05) is 65.7 Å². The summed E-state index contributed by atoms with van der Waals surface area (Å²) in [6, 6.07) is 32.6. The summed E-state index contributed by atoms with van der Waals surface area (Å²) in [6.45, 7) is 10.1. The Kier molecular flexibility index (Phi) is 17.8. The average molecular weight is 1120 g/mol. The normalized spacial score (nSPS) is 17.7. The summed E-state index contributed by atoms with van der Waals surface area (Å²) in [5, 5.41) is 15.2. The second-order valence-corrected chi connectivity index (χ2v) is 26.1. The molecule has 408 valence electrons. The van der Waals surface area contributed by atoms with Crippen molar-refractivity contribution in [1.82, 2.24) is 14.5 Å². The molecule has 0 aromatic heterocycles. The van der Waals surface area contributed by atoms with Crippen molar-refractivity contribution in [2.75, 3.05) is 61.8 Å². The highest BCUT2D eigenvalue weighted by molar-refractivity contribution is 7.99. The summed E-state index contributed by atoms with van der Waals surface area (Å²) < 4.78 is 105. The maximum absolute atomic E-state index is 14.4. The number of carbonyl (C=O) groups is 2. The number of carbonyl (C=O) groups excluding carboxylic acids is 2. The van der Waals surface area contributed by atoms with Gasteiger partial charge in [0.1, 0.15) is 10.5 Å². The molecule has 2 amide bonds. The van der Waals surface area contributed by atoms with Crippen molar-refractivity contribution in [3.05, 3.63) is 137 Å². The van der Waals surface area contributed by atoms with E-state index in [1.165, 1.54) is 23.9 Å². The van der Waals surface area contributed by atoms with Gasteiger partial charge in [0.2, 0.25) is 0 Å². The highest BCUT2D eigenvalue weighted by atomic mass is 35.5. The Hall–Kier alpha value is -5.31. The Balaban J connectivity index is 0.911. The van der Waals surface area contributed by atoms with Gasteiger partial charge in [0.25, 0.3) is 25.8 Å². The van der Waals surface area contributed by atoms with Gasteiger partial charge in [0.15, 0.2) is 0 Å². The largest absolute Gasteiger partial charge is 0.501 e. The summed E-state index contributed by atoms with van der Waals surface area (Å²) in [5.41, 5.74) is -3.29. The molecule has 76 heavy (non-hydrogen) atoms. The minimum Gasteiger partial charge on any atom is -0.444 e. The standard InChI is InChI=1S/C56H65ClF3N5O8S3/c1-54(2,3)73-53(68)65-35-28-55(29-36-65)26-33-63(34-27-55)30-25-43(38-74-45-9-5-4-6-10-45)61-49-22-21-46(37-50(49)75(69,70)56(58,59)60)76(71,72)62-52(67)41-15-19-44(20-16-41)64-31-23-40(24-32-64)51(66)48-12-8-7-11-47(48)39-13-17-42(57)18-14-39/h4-22,37,40,43,51,61,66H,23-36,38H2,1-3H3,(H,62,67)/t43-,51-/m1/s1. The van der Waals surface area contributed by atoms with Gasteiger partial charge in [-0.15, -0.1) is 11.8 Å². The minimum absolute atomic E-state index is 0.0272. The number of aliphatic hydroxyl groups excluding tert-OH is 1. The highest BCUT2D eigenvalue weighted by Gasteiger charge is 2.49. The number of likely N-dealkylation sites (tertiary alicyclic amines) is 2. The van der Waals surface area contributed by atoms with Crippen LogP contribution in [0.15, 0.2) is 136 Å². The maximum Gasteiger partial charge on any atom is 0.501 e. The molecule has 5 aromatic rings. The molecule has 0 saturated carbocycles. The molecular formula is C56H65ClF3N5O8S3. The lowest BCUT2D eigenvalue weighted by atomic mass is 9.71. The van der Waals surface area contributed by atoms with Gasteiger partial charge in [-0.1, -0.05) is 66.2 Å². The highest BCUT2D eigenvalue weighted by Crippen LogP contribution is 2.43. The zero-order chi connectivity index (χ0) is 54.5. The molecule has 3 heterocycles. The number of alkyl halides is 3. The van der Waals surface area contributed by atoms with E-state index < -0.39 is 64.5 Å². The number of hydrogen-bond donors (Lipinski definition) is 3. The van der Waals surface area contributed by atoms with Gasteiger partial charge in [0.05, 0.1) is 16.7 Å². The van der Waals surface area contributed by atoms with Crippen molar-refractivity contribution in [2.45, 2.75) is 104 Å². The van der Waals surface area contributed by atoms with Gasteiger partial charge in [-0.2, -0.15) is 13.2 Å². The smallest absolute Gasteiger partial charge is 0.444 e. The second kappa shape index (κ2) is 23.7.